The van der Waals surface area contributed by atoms with Crippen molar-refractivity contribution in [3.8, 4) is 0 Å². The van der Waals surface area contributed by atoms with E-state index in [4.69, 9.17) is 4.42 Å². The fourth-order valence-electron chi connectivity index (χ4n) is 1.79. The van der Waals surface area contributed by atoms with Gasteiger partial charge in [0.2, 0.25) is 0 Å². The van der Waals surface area contributed by atoms with Crippen LogP contribution in [0.1, 0.15) is 11.3 Å². The summed E-state index contributed by atoms with van der Waals surface area (Å²) >= 11 is 0. The van der Waals surface area contributed by atoms with E-state index in [2.05, 4.69) is 13.2 Å². The minimum absolute atomic E-state index is 0.0493. The van der Waals surface area contributed by atoms with Gasteiger partial charge in [-0.25, -0.2) is 0 Å². The van der Waals surface area contributed by atoms with Crippen LogP contribution in [0.5, 0.6) is 0 Å². The summed E-state index contributed by atoms with van der Waals surface area (Å²) in [4.78, 5) is 12.0. The highest BCUT2D eigenvalue weighted by Crippen LogP contribution is 2.20. The van der Waals surface area contributed by atoms with E-state index >= 15 is 0 Å². The Balaban J connectivity index is 2.73. The molecule has 1 heterocycles. The van der Waals surface area contributed by atoms with Gasteiger partial charge in [0.15, 0.2) is 5.43 Å². The van der Waals surface area contributed by atoms with Crippen LogP contribution in [0, 0.1) is 6.92 Å². The molecule has 0 saturated carbocycles. The van der Waals surface area contributed by atoms with Crippen molar-refractivity contribution in [2.45, 2.75) is 6.92 Å². The largest absolute Gasteiger partial charge is 0.456 e. The van der Waals surface area contributed by atoms with Gasteiger partial charge >= 0.3 is 0 Å². The van der Waals surface area contributed by atoms with E-state index in [-0.39, 0.29) is 5.43 Å². The van der Waals surface area contributed by atoms with Gasteiger partial charge in [-0.3, -0.25) is 4.79 Å². The quantitative estimate of drug-likeness (QED) is 0.760. The highest BCUT2D eigenvalue weighted by molar-refractivity contribution is 5.80. The zero-order chi connectivity index (χ0) is 13.1. The van der Waals surface area contributed by atoms with Crippen LogP contribution < -0.4 is 5.43 Å². The average molecular weight is 238 g/mol. The smallest absolute Gasteiger partial charge is 0.193 e. The summed E-state index contributed by atoms with van der Waals surface area (Å²) in [7, 11) is 0. The molecule has 0 atom stereocenters. The second-order valence-electron chi connectivity index (χ2n) is 4.04. The molecule has 0 bridgehead atoms. The highest BCUT2D eigenvalue weighted by atomic mass is 16.3. The first kappa shape index (κ1) is 12.1. The molecule has 0 fully saturated rings. The van der Waals surface area contributed by atoms with E-state index in [1.807, 2.05) is 25.1 Å². The van der Waals surface area contributed by atoms with Crippen LogP contribution in [0.3, 0.4) is 0 Å². The summed E-state index contributed by atoms with van der Waals surface area (Å²) in [6.45, 7) is 9.27. The first-order chi connectivity index (χ1) is 8.65. The molecule has 18 heavy (non-hydrogen) atoms. The van der Waals surface area contributed by atoms with Gasteiger partial charge in [0.25, 0.3) is 0 Å². The Morgan fingerprint density at radius 1 is 1.28 bits per heavy atom. The molecule has 90 valence electrons. The minimum atomic E-state index is -0.0493. The van der Waals surface area contributed by atoms with Crippen molar-refractivity contribution in [2.75, 3.05) is 0 Å². The Morgan fingerprint density at radius 2 is 2.06 bits per heavy atom. The van der Waals surface area contributed by atoms with Crippen molar-refractivity contribution in [1.29, 1.82) is 0 Å². The van der Waals surface area contributed by atoms with Crippen LogP contribution in [0.2, 0.25) is 0 Å². The van der Waals surface area contributed by atoms with Crippen molar-refractivity contribution in [3.63, 3.8) is 0 Å². The maximum Gasteiger partial charge on any atom is 0.193 e. The van der Waals surface area contributed by atoms with Crippen LogP contribution in [0.15, 0.2) is 64.9 Å². The number of allylic oxidation sites excluding steroid dienone is 4. The molecule has 0 aliphatic carbocycles. The topological polar surface area (TPSA) is 30.2 Å². The molecule has 0 saturated heterocycles. The maximum atomic E-state index is 12.0. The second kappa shape index (κ2) is 4.88. The number of rotatable bonds is 3. The zero-order valence-electron chi connectivity index (χ0n) is 10.3. The molecule has 1 aromatic carbocycles. The summed E-state index contributed by atoms with van der Waals surface area (Å²) in [6.07, 6.45) is 5.03. The number of hydrogen-bond acceptors (Lipinski definition) is 2. The van der Waals surface area contributed by atoms with Gasteiger partial charge in [-0.15, -0.1) is 0 Å². The highest BCUT2D eigenvalue weighted by Gasteiger charge is 2.06. The van der Waals surface area contributed by atoms with Crippen molar-refractivity contribution < 1.29 is 4.42 Å². The van der Waals surface area contributed by atoms with Gasteiger partial charge in [-0.2, -0.15) is 0 Å². The minimum Gasteiger partial charge on any atom is -0.456 e. The molecule has 2 aromatic rings. The fraction of sp³-hybridized carbons (Fsp3) is 0.0625. The van der Waals surface area contributed by atoms with Gasteiger partial charge in [-0.1, -0.05) is 43.0 Å². The number of hydrogen-bond donors (Lipinski definition) is 0. The molecule has 0 amide bonds. The van der Waals surface area contributed by atoms with Crippen LogP contribution >= 0.6 is 0 Å². The summed E-state index contributed by atoms with van der Waals surface area (Å²) < 4.78 is 5.72. The Kier molecular flexibility index (Phi) is 3.28. The lowest BCUT2D eigenvalue weighted by atomic mass is 10.1. The van der Waals surface area contributed by atoms with Gasteiger partial charge in [-0.05, 0) is 19.1 Å². The average Bonchev–Trinajstić information content (AvgIpc) is 2.36. The SMILES string of the molecule is C=C/C=C(\C=C)c1cc(=O)c2cc(C)ccc2o1. The van der Waals surface area contributed by atoms with Crippen LogP contribution in [-0.2, 0) is 0 Å². The monoisotopic (exact) mass is 238 g/mol. The summed E-state index contributed by atoms with van der Waals surface area (Å²) in [6, 6.07) is 7.04. The molecule has 2 nitrogen and oxygen atoms in total. The van der Waals surface area contributed by atoms with E-state index in [1.54, 1.807) is 18.2 Å². The van der Waals surface area contributed by atoms with Crippen molar-refractivity contribution in [2.24, 2.45) is 0 Å². The summed E-state index contributed by atoms with van der Waals surface area (Å²) in [5.74, 6) is 0.506. The molecule has 0 aliphatic heterocycles. The predicted octanol–water partition coefficient (Wildman–Crippen LogP) is 3.86. The molecule has 1 aromatic heterocycles. The number of fused-ring (bicyclic) bond motifs is 1. The molecular formula is C16H14O2. The molecule has 2 rings (SSSR count). The Hall–Kier alpha value is -2.35. The van der Waals surface area contributed by atoms with Gasteiger partial charge in [0.1, 0.15) is 11.3 Å². The first-order valence-corrected chi connectivity index (χ1v) is 5.65. The Bertz CT molecular complexity index is 703. The van der Waals surface area contributed by atoms with E-state index in [1.165, 1.54) is 6.07 Å². The lowest BCUT2D eigenvalue weighted by Gasteiger charge is -2.03. The number of benzene rings is 1. The second-order valence-corrected chi connectivity index (χ2v) is 4.04. The Labute approximate surface area is 106 Å². The lowest BCUT2D eigenvalue weighted by Crippen LogP contribution is -2.01. The third-order valence-electron chi connectivity index (χ3n) is 2.68. The van der Waals surface area contributed by atoms with E-state index in [9.17, 15) is 4.79 Å². The van der Waals surface area contributed by atoms with Crippen LogP contribution in [0.4, 0.5) is 0 Å². The maximum absolute atomic E-state index is 12.0. The molecule has 0 radical (unpaired) electrons. The zero-order valence-corrected chi connectivity index (χ0v) is 10.3. The fourth-order valence-corrected chi connectivity index (χ4v) is 1.79. The first-order valence-electron chi connectivity index (χ1n) is 5.65. The third kappa shape index (κ3) is 2.18. The van der Waals surface area contributed by atoms with Crippen molar-refractivity contribution in [1.82, 2.24) is 0 Å². The van der Waals surface area contributed by atoms with Crippen LogP contribution in [0.25, 0.3) is 16.5 Å². The molecule has 0 spiro atoms. The normalized spacial score (nSPS) is 11.5. The summed E-state index contributed by atoms with van der Waals surface area (Å²) in [5, 5.41) is 0.598. The molecular weight excluding hydrogens is 224 g/mol. The lowest BCUT2D eigenvalue weighted by molar-refractivity contribution is 0.587. The standard InChI is InChI=1S/C16H14O2/c1-4-6-12(5-2)16-10-14(17)13-9-11(3)7-8-15(13)18-16/h4-10H,1-2H2,3H3/b12-6+. The molecule has 2 heteroatoms. The van der Waals surface area contributed by atoms with Crippen molar-refractivity contribution >= 4 is 16.5 Å². The van der Waals surface area contributed by atoms with Crippen LogP contribution in [-0.4, -0.2) is 0 Å². The molecule has 0 N–H and O–H groups in total. The van der Waals surface area contributed by atoms with Gasteiger partial charge in [0, 0.05) is 11.6 Å². The van der Waals surface area contributed by atoms with Gasteiger partial charge in [0.05, 0.1) is 5.39 Å². The van der Waals surface area contributed by atoms with E-state index in [0.717, 1.165) is 11.1 Å². The predicted molar refractivity (Wildman–Crippen MR) is 75.6 cm³/mol. The third-order valence-corrected chi connectivity index (χ3v) is 2.68. The Morgan fingerprint density at radius 3 is 2.72 bits per heavy atom. The number of aryl methyl sites for hydroxylation is 1. The van der Waals surface area contributed by atoms with Gasteiger partial charge < -0.3 is 4.42 Å². The van der Waals surface area contributed by atoms with E-state index < -0.39 is 0 Å². The van der Waals surface area contributed by atoms with Crippen molar-refractivity contribution in [3.05, 3.63) is 77.2 Å². The molecule has 0 aliphatic rings. The molecule has 0 unspecified atom stereocenters. The summed E-state index contributed by atoms with van der Waals surface area (Å²) in [5.41, 5.74) is 2.31. The van der Waals surface area contributed by atoms with E-state index in [0.29, 0.717) is 16.7 Å².